The topological polar surface area (TPSA) is 114 Å². The number of ketones is 1. The minimum Gasteiger partial charge on any atom is -0.454 e. The number of benzene rings is 2. The van der Waals surface area contributed by atoms with Crippen molar-refractivity contribution in [3.63, 3.8) is 0 Å². The molecule has 2 N–H and O–H groups in total. The molecule has 2 aliphatic heterocycles. The van der Waals surface area contributed by atoms with Gasteiger partial charge in [0.05, 0.1) is 5.69 Å². The molecule has 4 amide bonds. The molecule has 0 aromatic heterocycles. The van der Waals surface area contributed by atoms with Crippen LogP contribution in [-0.4, -0.2) is 41.9 Å². The van der Waals surface area contributed by atoms with Crippen LogP contribution >= 0.6 is 0 Å². The van der Waals surface area contributed by atoms with E-state index < -0.39 is 41.6 Å². The minimum absolute atomic E-state index is 0.0399. The van der Waals surface area contributed by atoms with Gasteiger partial charge in [0.25, 0.3) is 5.91 Å². The molecule has 0 aliphatic carbocycles. The van der Waals surface area contributed by atoms with Gasteiger partial charge >= 0.3 is 6.03 Å². The van der Waals surface area contributed by atoms with Crippen LogP contribution in [0.2, 0.25) is 0 Å². The molecule has 2 aromatic rings. The number of halogens is 2. The number of carbonyl (C=O) groups excluding carboxylic acids is 4. The molecule has 0 unspecified atom stereocenters. The first kappa shape index (κ1) is 21.2. The Labute approximate surface area is 180 Å². The smallest absolute Gasteiger partial charge is 0.325 e. The second-order valence-electron chi connectivity index (χ2n) is 7.43. The quantitative estimate of drug-likeness (QED) is 0.539. The van der Waals surface area contributed by atoms with E-state index in [4.69, 9.17) is 9.47 Å². The first-order valence-electron chi connectivity index (χ1n) is 9.44. The van der Waals surface area contributed by atoms with Crippen molar-refractivity contribution in [3.05, 3.63) is 53.1 Å². The number of amides is 4. The van der Waals surface area contributed by atoms with Gasteiger partial charge in [0.1, 0.15) is 23.7 Å². The number of urea groups is 1. The number of ether oxygens (including phenoxy) is 2. The molecule has 2 heterocycles. The van der Waals surface area contributed by atoms with E-state index >= 15 is 0 Å². The number of Topliss-reactive ketones (excluding diaryl/α,β-unsaturated/α-hetero) is 1. The van der Waals surface area contributed by atoms with Crippen LogP contribution in [0, 0.1) is 11.6 Å². The van der Waals surface area contributed by atoms with E-state index in [0.717, 1.165) is 18.2 Å². The zero-order valence-electron chi connectivity index (χ0n) is 17.0. The monoisotopic (exact) mass is 445 g/mol. The zero-order valence-corrected chi connectivity index (χ0v) is 17.0. The van der Waals surface area contributed by atoms with Gasteiger partial charge in [-0.25, -0.2) is 13.6 Å². The van der Waals surface area contributed by atoms with E-state index in [2.05, 4.69) is 10.6 Å². The molecule has 1 saturated heterocycles. The van der Waals surface area contributed by atoms with Crippen LogP contribution in [0.5, 0.6) is 11.5 Å². The van der Waals surface area contributed by atoms with Crippen molar-refractivity contribution in [3.8, 4) is 11.5 Å². The molecule has 2 aliphatic rings. The normalized spacial score (nSPS) is 19.2. The maximum Gasteiger partial charge on any atom is 0.325 e. The molecular weight excluding hydrogens is 428 g/mol. The third-order valence-electron chi connectivity index (χ3n) is 5.21. The largest absolute Gasteiger partial charge is 0.454 e. The standard InChI is InChI=1S/C21H17F2N3O6/c1-10(27)12-6-16-17(32-9-31-16)7-15(12)24-18(28)8-26-19(29)21(2,25-20(26)30)13-5-11(22)3-4-14(13)23/h3-7H,8-9H2,1-2H3,(H,24,28)(H,25,30)/t21-/m0/s1. The molecular formula is C21H17F2N3O6. The summed E-state index contributed by atoms with van der Waals surface area (Å²) in [6.07, 6.45) is 0. The van der Waals surface area contributed by atoms with Gasteiger partial charge in [-0.3, -0.25) is 19.3 Å². The van der Waals surface area contributed by atoms with Gasteiger partial charge in [-0.15, -0.1) is 0 Å². The maximum absolute atomic E-state index is 14.3. The van der Waals surface area contributed by atoms with Crippen LogP contribution < -0.4 is 20.1 Å². The van der Waals surface area contributed by atoms with Crippen LogP contribution in [0.15, 0.2) is 30.3 Å². The van der Waals surface area contributed by atoms with Crippen LogP contribution in [0.4, 0.5) is 19.3 Å². The number of hydrogen-bond donors (Lipinski definition) is 2. The van der Waals surface area contributed by atoms with Crippen molar-refractivity contribution in [1.29, 1.82) is 0 Å². The molecule has 32 heavy (non-hydrogen) atoms. The summed E-state index contributed by atoms with van der Waals surface area (Å²) in [7, 11) is 0. The van der Waals surface area contributed by atoms with Gasteiger partial charge in [-0.05, 0) is 38.1 Å². The lowest BCUT2D eigenvalue weighted by Crippen LogP contribution is -2.42. The average Bonchev–Trinajstić information content (AvgIpc) is 3.27. The number of nitrogens with zero attached hydrogens (tertiary/aromatic N) is 1. The van der Waals surface area contributed by atoms with Crippen LogP contribution in [-0.2, 0) is 15.1 Å². The SMILES string of the molecule is CC(=O)c1cc2c(cc1NC(=O)CN1C(=O)N[C@@](C)(c3cc(F)ccc3F)C1=O)OCO2. The lowest BCUT2D eigenvalue weighted by Gasteiger charge is -2.22. The fourth-order valence-electron chi connectivity index (χ4n) is 3.57. The minimum atomic E-state index is -1.90. The number of rotatable bonds is 5. The van der Waals surface area contributed by atoms with Crippen molar-refractivity contribution >= 4 is 29.3 Å². The van der Waals surface area contributed by atoms with Crippen LogP contribution in [0.25, 0.3) is 0 Å². The molecule has 4 rings (SSSR count). The molecule has 166 valence electrons. The lowest BCUT2D eigenvalue weighted by atomic mass is 9.91. The highest BCUT2D eigenvalue weighted by Crippen LogP contribution is 2.37. The highest BCUT2D eigenvalue weighted by molar-refractivity contribution is 6.11. The zero-order chi connectivity index (χ0) is 23.2. The third kappa shape index (κ3) is 3.51. The Morgan fingerprint density at radius 1 is 1.16 bits per heavy atom. The Balaban J connectivity index is 1.56. The molecule has 0 radical (unpaired) electrons. The van der Waals surface area contributed by atoms with E-state index in [1.165, 1.54) is 26.0 Å². The summed E-state index contributed by atoms with van der Waals surface area (Å²) >= 11 is 0. The van der Waals surface area contributed by atoms with Gasteiger partial charge < -0.3 is 20.1 Å². The molecule has 0 saturated carbocycles. The van der Waals surface area contributed by atoms with Gasteiger partial charge in [-0.1, -0.05) is 0 Å². The molecule has 1 fully saturated rings. The Hall–Kier alpha value is -4.02. The Bertz CT molecular complexity index is 1180. The first-order valence-corrected chi connectivity index (χ1v) is 9.44. The van der Waals surface area contributed by atoms with Crippen molar-refractivity contribution < 1.29 is 37.4 Å². The summed E-state index contributed by atoms with van der Waals surface area (Å²) in [5.74, 6) is -3.11. The number of imide groups is 1. The summed E-state index contributed by atoms with van der Waals surface area (Å²) in [6.45, 7) is 1.75. The molecule has 2 aromatic carbocycles. The van der Waals surface area contributed by atoms with Crippen molar-refractivity contribution in [1.82, 2.24) is 10.2 Å². The molecule has 0 spiro atoms. The lowest BCUT2D eigenvalue weighted by molar-refractivity contribution is -0.133. The summed E-state index contributed by atoms with van der Waals surface area (Å²) in [4.78, 5) is 50.4. The predicted octanol–water partition coefficient (Wildman–Crippen LogP) is 2.30. The number of anilines is 1. The highest BCUT2D eigenvalue weighted by atomic mass is 19.1. The number of carbonyl (C=O) groups is 4. The van der Waals surface area contributed by atoms with E-state index in [1.807, 2.05) is 0 Å². The van der Waals surface area contributed by atoms with Crippen molar-refractivity contribution in [2.75, 3.05) is 18.7 Å². The fourth-order valence-corrected chi connectivity index (χ4v) is 3.57. The summed E-state index contributed by atoms with van der Waals surface area (Å²) in [6, 6.07) is 4.39. The summed E-state index contributed by atoms with van der Waals surface area (Å²) < 4.78 is 38.3. The fraction of sp³-hybridized carbons (Fsp3) is 0.238. The van der Waals surface area contributed by atoms with E-state index in [1.54, 1.807) is 0 Å². The second-order valence-corrected chi connectivity index (χ2v) is 7.43. The first-order chi connectivity index (χ1) is 15.1. The Morgan fingerprint density at radius 3 is 2.53 bits per heavy atom. The van der Waals surface area contributed by atoms with Crippen molar-refractivity contribution in [2.24, 2.45) is 0 Å². The van der Waals surface area contributed by atoms with Gasteiger partial charge in [0, 0.05) is 17.2 Å². The molecule has 9 nitrogen and oxygen atoms in total. The van der Waals surface area contributed by atoms with E-state index in [-0.39, 0.29) is 29.4 Å². The maximum atomic E-state index is 14.3. The van der Waals surface area contributed by atoms with Crippen molar-refractivity contribution in [2.45, 2.75) is 19.4 Å². The average molecular weight is 445 g/mol. The number of fused-ring (bicyclic) bond motifs is 1. The van der Waals surface area contributed by atoms with Gasteiger partial charge in [0.15, 0.2) is 17.3 Å². The van der Waals surface area contributed by atoms with Gasteiger partial charge in [0.2, 0.25) is 12.7 Å². The second kappa shape index (κ2) is 7.59. The third-order valence-corrected chi connectivity index (χ3v) is 5.21. The number of hydrogen-bond acceptors (Lipinski definition) is 6. The van der Waals surface area contributed by atoms with E-state index in [0.29, 0.717) is 16.4 Å². The highest BCUT2D eigenvalue weighted by Gasteiger charge is 2.50. The molecule has 1 atom stereocenters. The Kier molecular flexibility index (Phi) is 5.03. The summed E-state index contributed by atoms with van der Waals surface area (Å²) in [5.41, 5.74) is -2.01. The van der Waals surface area contributed by atoms with Gasteiger partial charge in [-0.2, -0.15) is 0 Å². The molecule has 0 bridgehead atoms. The number of nitrogens with one attached hydrogen (secondary N) is 2. The summed E-state index contributed by atoms with van der Waals surface area (Å²) in [5, 5.41) is 4.78. The van der Waals surface area contributed by atoms with Crippen LogP contribution in [0.3, 0.4) is 0 Å². The van der Waals surface area contributed by atoms with E-state index in [9.17, 15) is 28.0 Å². The molecule has 11 heteroatoms. The predicted molar refractivity (Wildman–Crippen MR) is 105 cm³/mol. The Morgan fingerprint density at radius 2 is 1.84 bits per heavy atom. The van der Waals surface area contributed by atoms with Crippen LogP contribution in [0.1, 0.15) is 29.8 Å².